The number of carbonyl (C=O) groups is 1. The molecule has 5 aromatic rings. The third-order valence-electron chi connectivity index (χ3n) is 7.57. The zero-order valence-corrected chi connectivity index (χ0v) is 25.4. The highest BCUT2D eigenvalue weighted by molar-refractivity contribution is 5.84. The number of pyridine rings is 1. The van der Waals surface area contributed by atoms with E-state index in [4.69, 9.17) is 19.2 Å². The van der Waals surface area contributed by atoms with Crippen molar-refractivity contribution in [2.24, 2.45) is 7.05 Å². The largest absolute Gasteiger partial charge is 0.473 e. The van der Waals surface area contributed by atoms with E-state index >= 15 is 0 Å². The van der Waals surface area contributed by atoms with Gasteiger partial charge in [-0.2, -0.15) is 4.98 Å². The highest BCUT2D eigenvalue weighted by Crippen LogP contribution is 2.32. The Morgan fingerprint density at radius 3 is 2.18 bits per heavy atom. The lowest BCUT2D eigenvalue weighted by Crippen LogP contribution is -2.40. The topological polar surface area (TPSA) is 87.8 Å². The molecule has 0 atom stereocenters. The first-order valence-corrected chi connectivity index (χ1v) is 14.7. The average molecular weight is 593 g/mol. The molecule has 9 heteroatoms. The van der Waals surface area contributed by atoms with E-state index in [1.165, 1.54) is 0 Å². The van der Waals surface area contributed by atoms with Crippen LogP contribution in [-0.4, -0.2) is 37.3 Å². The molecule has 0 spiro atoms. The summed E-state index contributed by atoms with van der Waals surface area (Å²) in [5.41, 5.74) is 5.15. The number of nitrogens with zero attached hydrogens (tertiary/aromatic N) is 4. The minimum atomic E-state index is -0.598. The average Bonchev–Trinajstić information content (AvgIpc) is 3.28. The number of amides is 1. The van der Waals surface area contributed by atoms with Gasteiger partial charge in [-0.05, 0) is 56.0 Å². The van der Waals surface area contributed by atoms with Crippen molar-refractivity contribution in [3.05, 3.63) is 118 Å². The minimum absolute atomic E-state index is 0.243. The second-order valence-corrected chi connectivity index (χ2v) is 11.9. The number of hydrogen-bond acceptors (Lipinski definition) is 6. The molecule has 6 rings (SSSR count). The van der Waals surface area contributed by atoms with Crippen molar-refractivity contribution in [3.8, 4) is 17.4 Å². The molecule has 3 aromatic carbocycles. The molecule has 0 radical (unpaired) electrons. The Morgan fingerprint density at radius 1 is 0.864 bits per heavy atom. The molecule has 1 aliphatic rings. The van der Waals surface area contributed by atoms with Gasteiger partial charge in [0.05, 0.1) is 17.6 Å². The molecule has 2 aromatic heterocycles. The number of fused-ring (bicyclic) bond motifs is 3. The van der Waals surface area contributed by atoms with Gasteiger partial charge in [-0.25, -0.2) is 9.59 Å². The molecule has 0 fully saturated rings. The molecule has 0 aliphatic carbocycles. The van der Waals surface area contributed by atoms with Crippen molar-refractivity contribution in [1.82, 2.24) is 19.0 Å². The fraction of sp³-hybridized carbons (Fsp3) is 0.286. The van der Waals surface area contributed by atoms with Gasteiger partial charge >= 0.3 is 11.8 Å². The molecule has 226 valence electrons. The summed E-state index contributed by atoms with van der Waals surface area (Å²) in [7, 11) is 1.75. The van der Waals surface area contributed by atoms with Crippen LogP contribution in [0.25, 0.3) is 16.7 Å². The van der Waals surface area contributed by atoms with Crippen LogP contribution in [-0.2, 0) is 38.0 Å². The van der Waals surface area contributed by atoms with Gasteiger partial charge in [0.15, 0.2) is 0 Å². The summed E-state index contributed by atoms with van der Waals surface area (Å²) in [4.78, 5) is 33.3. The molecule has 0 N–H and O–H groups in total. The van der Waals surface area contributed by atoms with E-state index in [1.807, 2.05) is 93.6 Å². The van der Waals surface area contributed by atoms with Gasteiger partial charge in [0.2, 0.25) is 11.8 Å². The molecule has 3 heterocycles. The van der Waals surface area contributed by atoms with Crippen LogP contribution in [0.1, 0.15) is 43.0 Å². The lowest BCUT2D eigenvalue weighted by Gasteiger charge is -2.31. The van der Waals surface area contributed by atoms with Crippen LogP contribution in [0.15, 0.2) is 89.7 Å². The zero-order valence-electron chi connectivity index (χ0n) is 25.4. The third-order valence-corrected chi connectivity index (χ3v) is 7.57. The molecule has 9 nitrogen and oxygen atoms in total. The van der Waals surface area contributed by atoms with Crippen LogP contribution in [0, 0.1) is 0 Å². The highest BCUT2D eigenvalue weighted by Gasteiger charge is 2.29. The van der Waals surface area contributed by atoms with Gasteiger partial charge in [-0.1, -0.05) is 66.7 Å². The SMILES string of the molecule is Cn1c(=O)n(-c2ccc(OCc3ccccc3)nc2OCc2ccccc2)c2ccc3c(c21)CN(C(=O)OC(C)(C)C)CC3. The standard InChI is InChI=1S/C35H36N4O5/c1-35(2,3)44-34(41)38-20-19-26-15-16-28-31(27(26)21-38)37(4)33(40)39(28)29-17-18-30(42-22-24-11-7-5-8-12-24)36-32(29)43-23-25-13-9-6-10-14-25/h5-18H,19-23H2,1-4H3. The van der Waals surface area contributed by atoms with Gasteiger partial charge in [0, 0.05) is 25.2 Å². The molecule has 0 saturated heterocycles. The molecular weight excluding hydrogens is 556 g/mol. The summed E-state index contributed by atoms with van der Waals surface area (Å²) in [5, 5.41) is 0. The molecule has 0 bridgehead atoms. The number of aromatic nitrogens is 3. The number of hydrogen-bond donors (Lipinski definition) is 0. The monoisotopic (exact) mass is 592 g/mol. The van der Waals surface area contributed by atoms with Crippen LogP contribution in [0.5, 0.6) is 11.8 Å². The van der Waals surface area contributed by atoms with Crippen molar-refractivity contribution in [2.75, 3.05) is 6.54 Å². The number of rotatable bonds is 7. The van der Waals surface area contributed by atoms with E-state index in [1.54, 1.807) is 33.2 Å². The molecule has 0 unspecified atom stereocenters. The Hall–Kier alpha value is -5.05. The normalized spacial score (nSPS) is 13.0. The molecule has 1 aliphatic heterocycles. The smallest absolute Gasteiger partial charge is 0.410 e. The predicted octanol–water partition coefficient (Wildman–Crippen LogP) is 6.18. The van der Waals surface area contributed by atoms with E-state index in [0.29, 0.717) is 43.2 Å². The van der Waals surface area contributed by atoms with Crippen molar-refractivity contribution < 1.29 is 19.0 Å². The van der Waals surface area contributed by atoms with E-state index in [2.05, 4.69) is 0 Å². The number of imidazole rings is 1. The molecule has 1 amide bonds. The fourth-order valence-corrected chi connectivity index (χ4v) is 5.45. The first-order valence-electron chi connectivity index (χ1n) is 14.7. The lowest BCUT2D eigenvalue weighted by molar-refractivity contribution is 0.0225. The first-order chi connectivity index (χ1) is 21.2. The Kier molecular flexibility index (Phi) is 7.86. The van der Waals surface area contributed by atoms with Crippen molar-refractivity contribution in [3.63, 3.8) is 0 Å². The minimum Gasteiger partial charge on any atom is -0.473 e. The predicted molar refractivity (Wildman–Crippen MR) is 168 cm³/mol. The van der Waals surface area contributed by atoms with Crippen LogP contribution in [0.3, 0.4) is 0 Å². The summed E-state index contributed by atoms with van der Waals surface area (Å²) in [6.45, 7) is 7.08. The summed E-state index contributed by atoms with van der Waals surface area (Å²) in [5.74, 6) is 0.668. The van der Waals surface area contributed by atoms with Gasteiger partial charge in [0.25, 0.3) is 0 Å². The van der Waals surface area contributed by atoms with Crippen LogP contribution < -0.4 is 15.2 Å². The van der Waals surface area contributed by atoms with Crippen molar-refractivity contribution >= 4 is 17.1 Å². The summed E-state index contributed by atoms with van der Waals surface area (Å²) in [6.07, 6.45) is 0.307. The second-order valence-electron chi connectivity index (χ2n) is 11.9. The van der Waals surface area contributed by atoms with E-state index in [-0.39, 0.29) is 24.3 Å². The fourth-order valence-electron chi connectivity index (χ4n) is 5.45. The number of aryl methyl sites for hydroxylation is 1. The van der Waals surface area contributed by atoms with Gasteiger partial charge in [0.1, 0.15) is 24.5 Å². The Morgan fingerprint density at radius 2 is 1.52 bits per heavy atom. The maximum absolute atomic E-state index is 13.9. The van der Waals surface area contributed by atoms with Crippen molar-refractivity contribution in [1.29, 1.82) is 0 Å². The van der Waals surface area contributed by atoms with Crippen LogP contribution in [0.4, 0.5) is 4.79 Å². The first kappa shape index (κ1) is 29.0. The third kappa shape index (κ3) is 6.04. The van der Waals surface area contributed by atoms with E-state index in [0.717, 1.165) is 27.8 Å². The highest BCUT2D eigenvalue weighted by atomic mass is 16.6. The number of ether oxygens (including phenoxy) is 3. The molecular formula is C35H36N4O5. The van der Waals surface area contributed by atoms with Crippen LogP contribution in [0.2, 0.25) is 0 Å². The van der Waals surface area contributed by atoms with Gasteiger partial charge in [-0.3, -0.25) is 9.13 Å². The van der Waals surface area contributed by atoms with Gasteiger partial charge < -0.3 is 19.1 Å². The maximum Gasteiger partial charge on any atom is 0.410 e. The lowest BCUT2D eigenvalue weighted by atomic mass is 9.98. The van der Waals surface area contributed by atoms with E-state index in [9.17, 15) is 9.59 Å². The summed E-state index contributed by atoms with van der Waals surface area (Å²) in [6, 6.07) is 27.2. The quantitative estimate of drug-likeness (QED) is 0.225. The second kappa shape index (κ2) is 11.9. The zero-order chi connectivity index (χ0) is 30.8. The summed E-state index contributed by atoms with van der Waals surface area (Å²) < 4.78 is 21.2. The van der Waals surface area contributed by atoms with Crippen LogP contribution >= 0.6 is 0 Å². The Bertz CT molecular complexity index is 1860. The van der Waals surface area contributed by atoms with Gasteiger partial charge in [-0.15, -0.1) is 0 Å². The Balaban J connectivity index is 1.39. The maximum atomic E-state index is 13.9. The number of carbonyl (C=O) groups excluding carboxylic acids is 1. The molecule has 44 heavy (non-hydrogen) atoms. The Labute approximate surface area is 256 Å². The molecule has 0 saturated carbocycles. The van der Waals surface area contributed by atoms with E-state index < -0.39 is 5.60 Å². The summed E-state index contributed by atoms with van der Waals surface area (Å²) >= 11 is 0. The van der Waals surface area contributed by atoms with Crippen molar-refractivity contribution in [2.45, 2.75) is 52.6 Å². The number of benzene rings is 3.